The molecule has 2 aromatic rings. The van der Waals surface area contributed by atoms with Crippen LogP contribution >= 0.6 is 0 Å². The fourth-order valence-electron chi connectivity index (χ4n) is 4.29. The van der Waals surface area contributed by atoms with Gasteiger partial charge in [-0.2, -0.15) is 0 Å². The van der Waals surface area contributed by atoms with Gasteiger partial charge in [-0.1, -0.05) is 70.4 Å². The molecule has 1 aromatic carbocycles. The molecule has 3 rings (SSSR count). The highest BCUT2D eigenvalue weighted by Gasteiger charge is 2.21. The van der Waals surface area contributed by atoms with Gasteiger partial charge in [-0.05, 0) is 42.4 Å². The van der Waals surface area contributed by atoms with Crippen molar-refractivity contribution in [3.05, 3.63) is 48.2 Å². The smallest absolute Gasteiger partial charge is 0.132 e. The zero-order valence-electron chi connectivity index (χ0n) is 16.0. The Bertz CT molecular complexity index is 677. The number of halogens is 1. The molecule has 3 heteroatoms. The van der Waals surface area contributed by atoms with Gasteiger partial charge in [-0.15, -0.1) is 0 Å². The van der Waals surface area contributed by atoms with Gasteiger partial charge in [0.25, 0.3) is 0 Å². The first kappa shape index (κ1) is 19.0. The number of hydrogen-bond acceptors (Lipinski definition) is 2. The molecule has 0 amide bonds. The van der Waals surface area contributed by atoms with E-state index in [2.05, 4.69) is 16.9 Å². The van der Waals surface area contributed by atoms with Crippen molar-refractivity contribution >= 4 is 0 Å². The molecule has 2 nitrogen and oxygen atoms in total. The maximum absolute atomic E-state index is 14.2. The Kier molecular flexibility index (Phi) is 7.16. The van der Waals surface area contributed by atoms with Crippen LogP contribution in [-0.2, 0) is 6.42 Å². The van der Waals surface area contributed by atoms with Crippen molar-refractivity contribution in [3.63, 3.8) is 0 Å². The lowest BCUT2D eigenvalue weighted by molar-refractivity contribution is 0.249. The average molecular weight is 355 g/mol. The Morgan fingerprint density at radius 1 is 1.00 bits per heavy atom. The second kappa shape index (κ2) is 9.80. The third kappa shape index (κ3) is 5.12. The summed E-state index contributed by atoms with van der Waals surface area (Å²) in [5.74, 6) is 1.54. The first-order valence-corrected chi connectivity index (χ1v) is 10.3. The second-order valence-corrected chi connectivity index (χ2v) is 7.80. The van der Waals surface area contributed by atoms with E-state index in [0.29, 0.717) is 5.56 Å². The topological polar surface area (TPSA) is 25.8 Å². The minimum absolute atomic E-state index is 0.208. The molecule has 26 heavy (non-hydrogen) atoms. The van der Waals surface area contributed by atoms with Crippen molar-refractivity contribution in [1.29, 1.82) is 0 Å². The van der Waals surface area contributed by atoms with Crippen LogP contribution in [0.5, 0.6) is 0 Å². The molecular formula is C23H31FN2. The van der Waals surface area contributed by atoms with Gasteiger partial charge in [0, 0.05) is 11.8 Å². The van der Waals surface area contributed by atoms with Crippen LogP contribution in [0.25, 0.3) is 11.3 Å². The zero-order chi connectivity index (χ0) is 18.2. The molecule has 0 aliphatic heterocycles. The van der Waals surface area contributed by atoms with E-state index in [1.165, 1.54) is 63.8 Å². The lowest BCUT2D eigenvalue weighted by Gasteiger charge is -2.28. The molecule has 0 bridgehead atoms. The Balaban J connectivity index is 1.54. The largest absolute Gasteiger partial charge is 0.244 e. The molecule has 1 aromatic heterocycles. The molecule has 1 saturated carbocycles. The number of aromatic nitrogens is 2. The van der Waals surface area contributed by atoms with E-state index in [0.717, 1.165) is 35.9 Å². The Hall–Kier alpha value is -1.77. The van der Waals surface area contributed by atoms with E-state index in [1.54, 1.807) is 6.07 Å². The van der Waals surface area contributed by atoms with Crippen molar-refractivity contribution in [2.24, 2.45) is 11.8 Å². The van der Waals surface area contributed by atoms with Crippen molar-refractivity contribution in [2.75, 3.05) is 0 Å². The zero-order valence-corrected chi connectivity index (χ0v) is 16.0. The van der Waals surface area contributed by atoms with Gasteiger partial charge in [0.15, 0.2) is 0 Å². The molecule has 140 valence electrons. The summed E-state index contributed by atoms with van der Waals surface area (Å²) < 4.78 is 14.2. The van der Waals surface area contributed by atoms with Gasteiger partial charge in [-0.25, -0.2) is 14.4 Å². The summed E-state index contributed by atoms with van der Waals surface area (Å²) in [6.45, 7) is 2.28. The minimum atomic E-state index is -0.208. The average Bonchev–Trinajstić information content (AvgIpc) is 2.68. The monoisotopic (exact) mass is 354 g/mol. The highest BCUT2D eigenvalue weighted by molar-refractivity contribution is 5.63. The summed E-state index contributed by atoms with van der Waals surface area (Å²) in [5, 5.41) is 0. The number of nitrogens with zero attached hydrogens (tertiary/aromatic N) is 2. The van der Waals surface area contributed by atoms with Crippen LogP contribution < -0.4 is 0 Å². The molecule has 0 atom stereocenters. The van der Waals surface area contributed by atoms with Gasteiger partial charge in [0.05, 0.1) is 5.69 Å². The van der Waals surface area contributed by atoms with Crippen LogP contribution in [0.15, 0.2) is 36.8 Å². The van der Waals surface area contributed by atoms with E-state index in [-0.39, 0.29) is 5.82 Å². The fourth-order valence-corrected chi connectivity index (χ4v) is 4.29. The fraction of sp³-hybridized carbons (Fsp3) is 0.565. The van der Waals surface area contributed by atoms with E-state index >= 15 is 0 Å². The Labute approximate surface area is 157 Å². The summed E-state index contributed by atoms with van der Waals surface area (Å²) in [4.78, 5) is 8.56. The van der Waals surface area contributed by atoms with Gasteiger partial charge in [-0.3, -0.25) is 0 Å². The Morgan fingerprint density at radius 3 is 2.46 bits per heavy atom. The number of rotatable bonds is 8. The van der Waals surface area contributed by atoms with Crippen LogP contribution in [0.2, 0.25) is 0 Å². The van der Waals surface area contributed by atoms with Gasteiger partial charge < -0.3 is 0 Å². The number of aryl methyl sites for hydroxylation is 1. The van der Waals surface area contributed by atoms with Crippen molar-refractivity contribution < 1.29 is 4.39 Å². The standard InChI is InChI=1S/C23H31FN2/c1-2-3-4-7-18-10-12-19(13-11-18)14-15-20-16-25-17-26-23(20)21-8-5-6-9-22(21)24/h5-6,8-9,16-19H,2-4,7,10-15H2,1H3. The van der Waals surface area contributed by atoms with Crippen LogP contribution in [0, 0.1) is 17.7 Å². The van der Waals surface area contributed by atoms with Crippen LogP contribution in [0.3, 0.4) is 0 Å². The minimum Gasteiger partial charge on any atom is -0.244 e. The molecule has 0 unspecified atom stereocenters. The maximum Gasteiger partial charge on any atom is 0.132 e. The van der Waals surface area contributed by atoms with Crippen LogP contribution in [0.1, 0.15) is 70.3 Å². The predicted molar refractivity (Wildman–Crippen MR) is 105 cm³/mol. The molecule has 0 radical (unpaired) electrons. The van der Waals surface area contributed by atoms with Gasteiger partial charge >= 0.3 is 0 Å². The normalized spacial score (nSPS) is 20.2. The molecule has 1 fully saturated rings. The SMILES string of the molecule is CCCCCC1CCC(CCc2cncnc2-c2ccccc2F)CC1. The Morgan fingerprint density at radius 2 is 1.73 bits per heavy atom. The van der Waals surface area contributed by atoms with E-state index < -0.39 is 0 Å². The summed E-state index contributed by atoms with van der Waals surface area (Å²) in [6.07, 6.45) is 16.5. The highest BCUT2D eigenvalue weighted by Crippen LogP contribution is 2.35. The molecule has 1 aliphatic rings. The summed E-state index contributed by atoms with van der Waals surface area (Å²) in [7, 11) is 0. The molecule has 1 heterocycles. The lowest BCUT2D eigenvalue weighted by Crippen LogP contribution is -2.15. The van der Waals surface area contributed by atoms with Crippen LogP contribution in [0.4, 0.5) is 4.39 Å². The van der Waals surface area contributed by atoms with Crippen molar-refractivity contribution in [3.8, 4) is 11.3 Å². The predicted octanol–water partition coefficient (Wildman–Crippen LogP) is 6.60. The number of benzene rings is 1. The van der Waals surface area contributed by atoms with E-state index in [9.17, 15) is 4.39 Å². The first-order valence-electron chi connectivity index (χ1n) is 10.3. The van der Waals surface area contributed by atoms with Crippen molar-refractivity contribution in [2.45, 2.75) is 71.1 Å². The molecule has 0 saturated heterocycles. The third-order valence-electron chi connectivity index (χ3n) is 5.92. The quantitative estimate of drug-likeness (QED) is 0.499. The third-order valence-corrected chi connectivity index (χ3v) is 5.92. The number of unbranched alkanes of at least 4 members (excludes halogenated alkanes) is 2. The maximum atomic E-state index is 14.2. The summed E-state index contributed by atoms with van der Waals surface area (Å²) >= 11 is 0. The lowest BCUT2D eigenvalue weighted by atomic mass is 9.77. The van der Waals surface area contributed by atoms with E-state index in [4.69, 9.17) is 0 Å². The molecule has 1 aliphatic carbocycles. The van der Waals surface area contributed by atoms with Gasteiger partial charge in [0.1, 0.15) is 12.1 Å². The number of hydrogen-bond donors (Lipinski definition) is 0. The second-order valence-electron chi connectivity index (χ2n) is 7.80. The molecule has 0 N–H and O–H groups in total. The molecule has 0 spiro atoms. The molecular weight excluding hydrogens is 323 g/mol. The first-order chi connectivity index (χ1) is 12.8. The highest BCUT2D eigenvalue weighted by atomic mass is 19.1. The summed E-state index contributed by atoms with van der Waals surface area (Å²) in [5.41, 5.74) is 2.42. The van der Waals surface area contributed by atoms with Crippen molar-refractivity contribution in [1.82, 2.24) is 9.97 Å². The van der Waals surface area contributed by atoms with Gasteiger partial charge in [0.2, 0.25) is 0 Å². The van der Waals surface area contributed by atoms with E-state index in [1.807, 2.05) is 18.3 Å². The summed E-state index contributed by atoms with van der Waals surface area (Å²) in [6, 6.07) is 6.90. The van der Waals surface area contributed by atoms with Crippen LogP contribution in [-0.4, -0.2) is 9.97 Å².